The van der Waals surface area contributed by atoms with E-state index < -0.39 is 22.4 Å². The molecule has 0 fully saturated rings. The van der Waals surface area contributed by atoms with Gasteiger partial charge in [-0.05, 0) is 0 Å². The molecule has 0 aromatic carbocycles. The van der Waals surface area contributed by atoms with Gasteiger partial charge in [-0.1, -0.05) is 0 Å². The number of hydrogen-bond donors (Lipinski definition) is 1. The molecule has 3 nitrogen and oxygen atoms in total. The molecule has 0 rings (SSSR count). The second-order valence-electron chi connectivity index (χ2n) is 3.58. The number of rotatable bonds is 6. The Hall–Kier alpha value is -0.0905. The van der Waals surface area contributed by atoms with E-state index in [4.69, 9.17) is 4.55 Å². The molecule has 5 heteroatoms. The number of hydrogen-bond acceptors (Lipinski definition) is 2. The van der Waals surface area contributed by atoms with Crippen LogP contribution < -0.4 is 0 Å². The molecule has 0 amide bonds. The summed E-state index contributed by atoms with van der Waals surface area (Å²) in [6.07, 6.45) is 5.99. The zero-order valence-corrected chi connectivity index (χ0v) is 11.9. The topological polar surface area (TPSA) is 54.4 Å². The standard InChI is InChI=1S/C10H18O3SSe/c1-9(2)5-4-6-10(3)7-8-15-14(11,12)13/h5,7H,4,6,8H2,1-3H3,(H,11,12,13)/b10-7+. The van der Waals surface area contributed by atoms with Crippen LogP contribution in [0.1, 0.15) is 33.6 Å². The maximum absolute atomic E-state index is 10.5. The summed E-state index contributed by atoms with van der Waals surface area (Å²) in [5.74, 6) is 0. The van der Waals surface area contributed by atoms with Gasteiger partial charge in [0.1, 0.15) is 0 Å². The van der Waals surface area contributed by atoms with Crippen LogP contribution in [0.15, 0.2) is 23.3 Å². The van der Waals surface area contributed by atoms with Crippen molar-refractivity contribution in [3.05, 3.63) is 23.3 Å². The molecule has 0 aliphatic carbocycles. The first-order chi connectivity index (χ1) is 6.81. The van der Waals surface area contributed by atoms with Gasteiger partial charge in [0.05, 0.1) is 0 Å². The average Bonchev–Trinajstić information content (AvgIpc) is 2.00. The molecular weight excluding hydrogens is 279 g/mol. The van der Waals surface area contributed by atoms with Crippen molar-refractivity contribution in [2.45, 2.75) is 38.9 Å². The Morgan fingerprint density at radius 2 is 1.87 bits per heavy atom. The summed E-state index contributed by atoms with van der Waals surface area (Å²) >= 11 is -0.731. The van der Waals surface area contributed by atoms with Crippen LogP contribution in [-0.4, -0.2) is 26.8 Å². The quantitative estimate of drug-likeness (QED) is 0.466. The fraction of sp³-hybridized carbons (Fsp3) is 0.600. The first-order valence-corrected chi connectivity index (χ1v) is 9.39. The summed E-state index contributed by atoms with van der Waals surface area (Å²) in [6, 6.07) is 0. The van der Waals surface area contributed by atoms with Crippen molar-refractivity contribution in [3.8, 4) is 0 Å². The van der Waals surface area contributed by atoms with Crippen LogP contribution in [0.4, 0.5) is 0 Å². The third-order valence-corrected chi connectivity index (χ3v) is 5.25. The molecule has 0 aliphatic rings. The molecule has 0 aromatic heterocycles. The summed E-state index contributed by atoms with van der Waals surface area (Å²) < 4.78 is 29.5. The average molecular weight is 297 g/mol. The van der Waals surface area contributed by atoms with Crippen molar-refractivity contribution in [3.63, 3.8) is 0 Å². The van der Waals surface area contributed by atoms with E-state index in [0.29, 0.717) is 5.32 Å². The molecule has 0 atom stereocenters. The molecule has 0 aromatic rings. The van der Waals surface area contributed by atoms with E-state index in [1.54, 1.807) is 0 Å². The third-order valence-electron chi connectivity index (χ3n) is 1.74. The Morgan fingerprint density at radius 3 is 2.33 bits per heavy atom. The second-order valence-corrected chi connectivity index (χ2v) is 9.51. The van der Waals surface area contributed by atoms with E-state index in [9.17, 15) is 8.42 Å². The van der Waals surface area contributed by atoms with Crippen molar-refractivity contribution in [2.75, 3.05) is 0 Å². The zero-order valence-electron chi connectivity index (χ0n) is 9.36. The van der Waals surface area contributed by atoms with Crippen molar-refractivity contribution in [1.29, 1.82) is 0 Å². The SMILES string of the molecule is CC(C)=CCC/C(C)=C/C[Se]S(=O)(=O)O. The van der Waals surface area contributed by atoms with E-state index in [-0.39, 0.29) is 0 Å². The summed E-state index contributed by atoms with van der Waals surface area (Å²) in [5.41, 5.74) is 2.47. The third kappa shape index (κ3) is 11.8. The van der Waals surface area contributed by atoms with Gasteiger partial charge in [-0.2, -0.15) is 0 Å². The molecule has 1 N–H and O–H groups in total. The van der Waals surface area contributed by atoms with Crippen LogP contribution in [0, 0.1) is 0 Å². The molecule has 88 valence electrons. The van der Waals surface area contributed by atoms with Gasteiger partial charge in [0.2, 0.25) is 0 Å². The first-order valence-electron chi connectivity index (χ1n) is 4.72. The summed E-state index contributed by atoms with van der Waals surface area (Å²) in [4.78, 5) is 0. The fourth-order valence-corrected chi connectivity index (χ4v) is 3.30. The minimum absolute atomic E-state index is 0.451. The molecule has 0 bridgehead atoms. The molecular formula is C10H18O3SSe. The second kappa shape index (κ2) is 7.23. The zero-order chi connectivity index (χ0) is 11.9. The van der Waals surface area contributed by atoms with Crippen LogP contribution in [0.25, 0.3) is 0 Å². The Balaban J connectivity index is 3.85. The van der Waals surface area contributed by atoms with E-state index in [2.05, 4.69) is 19.9 Å². The fourth-order valence-electron chi connectivity index (χ4n) is 0.953. The Kier molecular flexibility index (Phi) is 7.18. The molecule has 0 heterocycles. The molecule has 0 spiro atoms. The van der Waals surface area contributed by atoms with Gasteiger partial charge in [0.25, 0.3) is 0 Å². The maximum atomic E-state index is 10.5. The van der Waals surface area contributed by atoms with Gasteiger partial charge < -0.3 is 0 Å². The van der Waals surface area contributed by atoms with Gasteiger partial charge in [-0.3, -0.25) is 0 Å². The molecule has 0 aliphatic heterocycles. The molecule has 0 saturated heterocycles. The first kappa shape index (κ1) is 14.9. The van der Waals surface area contributed by atoms with Crippen molar-refractivity contribution in [2.24, 2.45) is 0 Å². The minimum atomic E-state index is -3.75. The summed E-state index contributed by atoms with van der Waals surface area (Å²) in [5, 5.41) is 0.451. The van der Waals surface area contributed by atoms with Gasteiger partial charge in [-0.25, -0.2) is 0 Å². The van der Waals surface area contributed by atoms with Gasteiger partial charge in [0.15, 0.2) is 0 Å². The monoisotopic (exact) mass is 298 g/mol. The van der Waals surface area contributed by atoms with Crippen molar-refractivity contribution >= 4 is 22.4 Å². The number of allylic oxidation sites excluding steroid dienone is 4. The normalized spacial score (nSPS) is 12.7. The predicted octanol–water partition coefficient (Wildman–Crippen LogP) is 2.60. The Morgan fingerprint density at radius 1 is 1.27 bits per heavy atom. The predicted molar refractivity (Wildman–Crippen MR) is 64.5 cm³/mol. The van der Waals surface area contributed by atoms with Crippen LogP contribution in [-0.2, 0) is 8.54 Å². The van der Waals surface area contributed by atoms with E-state index in [1.165, 1.54) is 11.1 Å². The van der Waals surface area contributed by atoms with E-state index in [0.717, 1.165) is 12.8 Å². The molecule has 0 saturated carbocycles. The molecule has 15 heavy (non-hydrogen) atoms. The summed E-state index contributed by atoms with van der Waals surface area (Å²) in [7, 11) is -3.75. The van der Waals surface area contributed by atoms with Crippen molar-refractivity contribution in [1.82, 2.24) is 0 Å². The van der Waals surface area contributed by atoms with E-state index in [1.807, 2.05) is 13.0 Å². The summed E-state index contributed by atoms with van der Waals surface area (Å²) in [6.45, 7) is 6.10. The Labute approximate surface area is 97.6 Å². The van der Waals surface area contributed by atoms with Crippen LogP contribution in [0.2, 0.25) is 5.32 Å². The van der Waals surface area contributed by atoms with E-state index >= 15 is 0 Å². The van der Waals surface area contributed by atoms with Gasteiger partial charge >= 0.3 is 97.6 Å². The van der Waals surface area contributed by atoms with Crippen LogP contribution in [0.3, 0.4) is 0 Å². The Bertz CT molecular complexity index is 338. The van der Waals surface area contributed by atoms with Crippen LogP contribution >= 0.6 is 0 Å². The van der Waals surface area contributed by atoms with Gasteiger partial charge in [-0.15, -0.1) is 0 Å². The molecule has 0 radical (unpaired) electrons. The molecule has 0 unspecified atom stereocenters. The van der Waals surface area contributed by atoms with Crippen molar-refractivity contribution < 1.29 is 13.0 Å². The van der Waals surface area contributed by atoms with Crippen LogP contribution in [0.5, 0.6) is 0 Å². The van der Waals surface area contributed by atoms with Gasteiger partial charge in [0, 0.05) is 0 Å².